The van der Waals surface area contributed by atoms with Crippen LogP contribution in [0.25, 0.3) is 0 Å². The highest BCUT2D eigenvalue weighted by molar-refractivity contribution is 4.82. The Morgan fingerprint density at radius 2 is 1.29 bits per heavy atom. The van der Waals surface area contributed by atoms with Crippen molar-refractivity contribution >= 4 is 0 Å². The molecule has 0 amide bonds. The second-order valence-electron chi connectivity index (χ2n) is 3.24. The molecule has 0 N–H and O–H groups in total. The summed E-state index contributed by atoms with van der Waals surface area (Å²) in [5, 5.41) is 0. The Bertz CT molecular complexity index is 194. The van der Waals surface area contributed by atoms with Crippen LogP contribution >= 0.6 is 0 Å². The third-order valence-corrected chi connectivity index (χ3v) is 2.20. The third kappa shape index (κ3) is 2.96. The summed E-state index contributed by atoms with van der Waals surface area (Å²) in [6.45, 7) is 16.0. The molecule has 0 spiro atoms. The standard InChI is InChI=1S/C12H19FN/c1-5-9-14(10-6-2,11-7-3)12(13)8-4/h5-8,12H,1-4,9-11H2/q+1. The molecule has 0 rings (SSSR count). The zero-order valence-electron chi connectivity index (χ0n) is 8.66. The molecule has 0 aliphatic heterocycles. The quantitative estimate of drug-likeness (QED) is 0.318. The first kappa shape index (κ1) is 12.8. The van der Waals surface area contributed by atoms with Crippen LogP contribution in [0, 0.1) is 0 Å². The van der Waals surface area contributed by atoms with Crippen molar-refractivity contribution in [3.05, 3.63) is 50.6 Å². The summed E-state index contributed by atoms with van der Waals surface area (Å²) in [5.41, 5.74) is 0. The fourth-order valence-corrected chi connectivity index (χ4v) is 1.52. The molecule has 1 nitrogen and oxygen atoms in total. The molecule has 1 atom stereocenters. The number of nitrogens with zero attached hydrogens (tertiary/aromatic N) is 1. The smallest absolute Gasteiger partial charge is 0.252 e. The van der Waals surface area contributed by atoms with Crippen LogP contribution in [0.2, 0.25) is 0 Å². The molecule has 0 aliphatic rings. The minimum atomic E-state index is -1.11. The van der Waals surface area contributed by atoms with Crippen LogP contribution in [0.3, 0.4) is 0 Å². The summed E-state index contributed by atoms with van der Waals surface area (Å²) in [4.78, 5) is 0. The molecule has 0 saturated heterocycles. The number of rotatable bonds is 8. The van der Waals surface area contributed by atoms with E-state index in [-0.39, 0.29) is 4.48 Å². The first-order chi connectivity index (χ1) is 6.66. The largest absolute Gasteiger partial charge is 0.281 e. The molecule has 0 bridgehead atoms. The van der Waals surface area contributed by atoms with Gasteiger partial charge in [-0.15, -0.1) is 0 Å². The van der Waals surface area contributed by atoms with Gasteiger partial charge >= 0.3 is 0 Å². The van der Waals surface area contributed by atoms with Crippen LogP contribution in [-0.2, 0) is 0 Å². The maximum atomic E-state index is 13.7. The molecule has 0 aromatic carbocycles. The van der Waals surface area contributed by atoms with Gasteiger partial charge in [0.15, 0.2) is 0 Å². The molecule has 78 valence electrons. The zero-order valence-corrected chi connectivity index (χ0v) is 8.66. The van der Waals surface area contributed by atoms with Gasteiger partial charge < -0.3 is 0 Å². The summed E-state index contributed by atoms with van der Waals surface area (Å²) in [6.07, 6.45) is 5.34. The van der Waals surface area contributed by atoms with Gasteiger partial charge in [-0.3, -0.25) is 4.48 Å². The minimum absolute atomic E-state index is 0.222. The van der Waals surface area contributed by atoms with Gasteiger partial charge in [-0.1, -0.05) is 26.3 Å². The average molecular weight is 196 g/mol. The van der Waals surface area contributed by atoms with Crippen LogP contribution < -0.4 is 0 Å². The fourth-order valence-electron chi connectivity index (χ4n) is 1.52. The molecule has 0 aromatic rings. The topological polar surface area (TPSA) is 0 Å². The molecule has 2 heteroatoms. The van der Waals surface area contributed by atoms with Gasteiger partial charge in [0.2, 0.25) is 0 Å². The van der Waals surface area contributed by atoms with Crippen molar-refractivity contribution in [2.75, 3.05) is 19.6 Å². The Morgan fingerprint density at radius 3 is 1.50 bits per heavy atom. The molecular weight excluding hydrogens is 177 g/mol. The van der Waals surface area contributed by atoms with Crippen LogP contribution in [0.4, 0.5) is 4.39 Å². The molecular formula is C12H19FN+. The fraction of sp³-hybridized carbons (Fsp3) is 0.333. The lowest BCUT2D eigenvalue weighted by atomic mass is 10.2. The Labute approximate surface area is 86.1 Å². The van der Waals surface area contributed by atoms with Crippen LogP contribution in [0.1, 0.15) is 0 Å². The molecule has 0 radical (unpaired) electrons. The lowest BCUT2D eigenvalue weighted by molar-refractivity contribution is -0.942. The molecule has 0 fully saturated rings. The molecule has 0 aromatic heterocycles. The van der Waals surface area contributed by atoms with Gasteiger partial charge in [-0.05, 0) is 24.3 Å². The summed E-state index contributed by atoms with van der Waals surface area (Å²) in [5.74, 6) is 0. The molecule has 0 heterocycles. The van der Waals surface area contributed by atoms with Crippen LogP contribution in [0.15, 0.2) is 50.6 Å². The Morgan fingerprint density at radius 1 is 0.929 bits per heavy atom. The monoisotopic (exact) mass is 196 g/mol. The van der Waals surface area contributed by atoms with Gasteiger partial charge in [0.1, 0.15) is 19.6 Å². The van der Waals surface area contributed by atoms with Crippen molar-refractivity contribution < 1.29 is 8.87 Å². The highest BCUT2D eigenvalue weighted by atomic mass is 19.1. The highest BCUT2D eigenvalue weighted by Crippen LogP contribution is 2.16. The first-order valence-corrected chi connectivity index (χ1v) is 4.62. The summed E-state index contributed by atoms with van der Waals surface area (Å²) in [6, 6.07) is 0. The van der Waals surface area contributed by atoms with Gasteiger partial charge in [-0.25, -0.2) is 0 Å². The number of hydrogen-bond donors (Lipinski definition) is 0. The van der Waals surface area contributed by atoms with Gasteiger partial charge in [-0.2, -0.15) is 4.39 Å². The van der Waals surface area contributed by atoms with Crippen molar-refractivity contribution in [2.24, 2.45) is 0 Å². The SMILES string of the molecule is C=CC[N+](CC=C)(CC=C)C(F)C=C. The van der Waals surface area contributed by atoms with Gasteiger partial charge in [0, 0.05) is 0 Å². The van der Waals surface area contributed by atoms with E-state index in [4.69, 9.17) is 0 Å². The normalized spacial score (nSPS) is 12.9. The van der Waals surface area contributed by atoms with Crippen molar-refractivity contribution in [2.45, 2.75) is 6.30 Å². The minimum Gasteiger partial charge on any atom is -0.281 e. The van der Waals surface area contributed by atoms with E-state index in [2.05, 4.69) is 26.3 Å². The van der Waals surface area contributed by atoms with Crippen LogP contribution in [0.5, 0.6) is 0 Å². The average Bonchev–Trinajstić information content (AvgIpc) is 2.17. The number of alkyl halides is 1. The first-order valence-electron chi connectivity index (χ1n) is 4.62. The summed E-state index contributed by atoms with van der Waals surface area (Å²) < 4.78 is 13.9. The Hall–Kier alpha value is -1.15. The van der Waals surface area contributed by atoms with E-state index in [9.17, 15) is 4.39 Å². The molecule has 0 aliphatic carbocycles. The van der Waals surface area contributed by atoms with Gasteiger partial charge in [0.05, 0.1) is 0 Å². The van der Waals surface area contributed by atoms with Crippen LogP contribution in [-0.4, -0.2) is 30.4 Å². The van der Waals surface area contributed by atoms with Crippen molar-refractivity contribution in [3.8, 4) is 0 Å². The van der Waals surface area contributed by atoms with Crippen molar-refractivity contribution in [1.29, 1.82) is 0 Å². The maximum absolute atomic E-state index is 13.7. The lowest BCUT2D eigenvalue weighted by Crippen LogP contribution is -2.53. The molecule has 0 saturated carbocycles. The predicted octanol–water partition coefficient (Wildman–Crippen LogP) is 2.84. The van der Waals surface area contributed by atoms with E-state index < -0.39 is 6.30 Å². The number of quaternary nitrogens is 1. The highest BCUT2D eigenvalue weighted by Gasteiger charge is 2.31. The maximum Gasteiger partial charge on any atom is 0.252 e. The molecule has 14 heavy (non-hydrogen) atoms. The van der Waals surface area contributed by atoms with E-state index in [0.717, 1.165) is 0 Å². The zero-order chi connectivity index (χ0) is 11.0. The number of hydrogen-bond acceptors (Lipinski definition) is 0. The molecule has 1 unspecified atom stereocenters. The van der Waals surface area contributed by atoms with Crippen molar-refractivity contribution in [1.82, 2.24) is 0 Å². The number of halogens is 1. The van der Waals surface area contributed by atoms with E-state index in [1.54, 1.807) is 18.2 Å². The Balaban J connectivity index is 4.87. The lowest BCUT2D eigenvalue weighted by Gasteiger charge is -2.37. The predicted molar refractivity (Wildman–Crippen MR) is 60.5 cm³/mol. The van der Waals surface area contributed by atoms with Gasteiger partial charge in [0.25, 0.3) is 6.30 Å². The van der Waals surface area contributed by atoms with Crippen molar-refractivity contribution in [3.63, 3.8) is 0 Å². The summed E-state index contributed by atoms with van der Waals surface area (Å²) in [7, 11) is 0. The van der Waals surface area contributed by atoms with E-state index in [1.165, 1.54) is 6.08 Å². The summed E-state index contributed by atoms with van der Waals surface area (Å²) >= 11 is 0. The van der Waals surface area contributed by atoms with E-state index in [1.807, 2.05) is 0 Å². The second kappa shape index (κ2) is 6.33. The second-order valence-corrected chi connectivity index (χ2v) is 3.24. The Kier molecular flexibility index (Phi) is 5.81. The third-order valence-electron chi connectivity index (χ3n) is 2.20. The van der Waals surface area contributed by atoms with E-state index in [0.29, 0.717) is 19.6 Å². The van der Waals surface area contributed by atoms with E-state index >= 15 is 0 Å².